The number of ether oxygens (including phenoxy) is 2. The largest absolute Gasteiger partial charge is 0.497 e. The third-order valence-electron chi connectivity index (χ3n) is 2.74. The number of nitrogens with one attached hydrogen (secondary N) is 1. The molecular weight excluding hydrogens is 270 g/mol. The molecule has 0 aliphatic heterocycles. The summed E-state index contributed by atoms with van der Waals surface area (Å²) in [7, 11) is 1.58. The van der Waals surface area contributed by atoms with E-state index in [1.54, 1.807) is 25.3 Å². The maximum Gasteiger partial charge on any atom is 0.258 e. The number of carbonyl (C=O) groups excluding carboxylic acids is 1. The van der Waals surface area contributed by atoms with Crippen LogP contribution in [0.2, 0.25) is 0 Å². The molecule has 6 nitrogen and oxygen atoms in total. The number of aryl methyl sites for hydroxylation is 1. The quantitative estimate of drug-likeness (QED) is 0.871. The number of hydrogen-bond donors (Lipinski definition) is 1. The number of nitrogens with zero attached hydrogens (tertiary/aromatic N) is 2. The SMILES string of the molecule is COc1cccc(OCC(=O)NCc2cc(C)ncn2)c1. The Kier molecular flexibility index (Phi) is 5.09. The maximum absolute atomic E-state index is 11.7. The van der Waals surface area contributed by atoms with E-state index in [1.165, 1.54) is 6.33 Å². The van der Waals surface area contributed by atoms with Crippen LogP contribution in [-0.4, -0.2) is 29.6 Å². The van der Waals surface area contributed by atoms with Crippen molar-refractivity contribution in [2.24, 2.45) is 0 Å². The summed E-state index contributed by atoms with van der Waals surface area (Å²) in [5, 5.41) is 2.74. The lowest BCUT2D eigenvalue weighted by atomic mass is 10.3. The van der Waals surface area contributed by atoms with Crippen LogP contribution in [0.3, 0.4) is 0 Å². The van der Waals surface area contributed by atoms with Crippen LogP contribution < -0.4 is 14.8 Å². The van der Waals surface area contributed by atoms with Gasteiger partial charge in [0.2, 0.25) is 0 Å². The van der Waals surface area contributed by atoms with Gasteiger partial charge in [-0.2, -0.15) is 0 Å². The average molecular weight is 287 g/mol. The summed E-state index contributed by atoms with van der Waals surface area (Å²) in [5.74, 6) is 1.06. The summed E-state index contributed by atoms with van der Waals surface area (Å²) in [6.45, 7) is 2.17. The van der Waals surface area contributed by atoms with Gasteiger partial charge < -0.3 is 14.8 Å². The fourth-order valence-corrected chi connectivity index (χ4v) is 1.69. The number of hydrogen-bond acceptors (Lipinski definition) is 5. The van der Waals surface area contributed by atoms with Crippen molar-refractivity contribution < 1.29 is 14.3 Å². The number of aromatic nitrogens is 2. The average Bonchev–Trinajstić information content (AvgIpc) is 2.51. The molecule has 0 unspecified atom stereocenters. The third-order valence-corrected chi connectivity index (χ3v) is 2.74. The minimum Gasteiger partial charge on any atom is -0.497 e. The van der Waals surface area contributed by atoms with Crippen LogP contribution in [0.1, 0.15) is 11.4 Å². The van der Waals surface area contributed by atoms with E-state index >= 15 is 0 Å². The number of methoxy groups -OCH3 is 1. The van der Waals surface area contributed by atoms with Crippen LogP contribution in [0.25, 0.3) is 0 Å². The summed E-state index contributed by atoms with van der Waals surface area (Å²) in [6, 6.07) is 8.92. The van der Waals surface area contributed by atoms with Crippen molar-refractivity contribution in [3.8, 4) is 11.5 Å². The molecule has 0 atom stereocenters. The monoisotopic (exact) mass is 287 g/mol. The van der Waals surface area contributed by atoms with Crippen LogP contribution in [0.4, 0.5) is 0 Å². The van der Waals surface area contributed by atoms with Gasteiger partial charge in [0.05, 0.1) is 19.3 Å². The van der Waals surface area contributed by atoms with E-state index in [1.807, 2.05) is 19.1 Å². The zero-order valence-corrected chi connectivity index (χ0v) is 12.0. The van der Waals surface area contributed by atoms with Crippen molar-refractivity contribution in [1.29, 1.82) is 0 Å². The van der Waals surface area contributed by atoms with Crippen LogP contribution in [0.5, 0.6) is 11.5 Å². The maximum atomic E-state index is 11.7. The Bertz CT molecular complexity index is 617. The van der Waals surface area contributed by atoms with E-state index < -0.39 is 0 Å². The highest BCUT2D eigenvalue weighted by molar-refractivity contribution is 5.77. The van der Waals surface area contributed by atoms with E-state index in [4.69, 9.17) is 9.47 Å². The number of benzene rings is 1. The van der Waals surface area contributed by atoms with Gasteiger partial charge in [0.25, 0.3) is 5.91 Å². The minimum atomic E-state index is -0.214. The second kappa shape index (κ2) is 7.23. The predicted molar refractivity (Wildman–Crippen MR) is 77.1 cm³/mol. The Morgan fingerprint density at radius 2 is 2.05 bits per heavy atom. The van der Waals surface area contributed by atoms with Gasteiger partial charge in [-0.15, -0.1) is 0 Å². The molecule has 1 aromatic carbocycles. The molecule has 2 rings (SSSR count). The Labute approximate surface area is 123 Å². The number of rotatable bonds is 6. The Balaban J connectivity index is 1.79. The molecule has 0 spiro atoms. The molecule has 1 heterocycles. The zero-order valence-electron chi connectivity index (χ0n) is 12.0. The van der Waals surface area contributed by atoms with E-state index in [2.05, 4.69) is 15.3 Å². The van der Waals surface area contributed by atoms with Gasteiger partial charge in [0.1, 0.15) is 17.8 Å². The second-order valence-corrected chi connectivity index (χ2v) is 4.40. The molecular formula is C15H17N3O3. The predicted octanol–water partition coefficient (Wildman–Crippen LogP) is 1.49. The molecule has 21 heavy (non-hydrogen) atoms. The first-order valence-electron chi connectivity index (χ1n) is 6.48. The normalized spacial score (nSPS) is 10.0. The van der Waals surface area contributed by atoms with Crippen molar-refractivity contribution in [1.82, 2.24) is 15.3 Å². The van der Waals surface area contributed by atoms with Crippen LogP contribution >= 0.6 is 0 Å². The van der Waals surface area contributed by atoms with Crippen LogP contribution in [0.15, 0.2) is 36.7 Å². The number of amides is 1. The van der Waals surface area contributed by atoms with E-state index in [9.17, 15) is 4.79 Å². The lowest BCUT2D eigenvalue weighted by molar-refractivity contribution is -0.123. The Morgan fingerprint density at radius 3 is 2.81 bits per heavy atom. The molecule has 6 heteroatoms. The first-order valence-corrected chi connectivity index (χ1v) is 6.48. The van der Waals surface area contributed by atoms with Gasteiger partial charge in [-0.3, -0.25) is 4.79 Å². The van der Waals surface area contributed by atoms with Crippen molar-refractivity contribution >= 4 is 5.91 Å². The molecule has 0 bridgehead atoms. The molecule has 110 valence electrons. The molecule has 2 aromatic rings. The van der Waals surface area contributed by atoms with Gasteiger partial charge in [-0.1, -0.05) is 6.07 Å². The molecule has 0 radical (unpaired) electrons. The highest BCUT2D eigenvalue weighted by Crippen LogP contribution is 2.18. The summed E-state index contributed by atoms with van der Waals surface area (Å²) in [4.78, 5) is 19.8. The summed E-state index contributed by atoms with van der Waals surface area (Å²) >= 11 is 0. The van der Waals surface area contributed by atoms with E-state index in [-0.39, 0.29) is 12.5 Å². The third kappa shape index (κ3) is 4.76. The summed E-state index contributed by atoms with van der Waals surface area (Å²) < 4.78 is 10.5. The van der Waals surface area contributed by atoms with Gasteiger partial charge >= 0.3 is 0 Å². The second-order valence-electron chi connectivity index (χ2n) is 4.40. The fourth-order valence-electron chi connectivity index (χ4n) is 1.69. The Morgan fingerprint density at radius 1 is 1.24 bits per heavy atom. The topological polar surface area (TPSA) is 73.3 Å². The molecule has 0 saturated heterocycles. The molecule has 1 N–H and O–H groups in total. The summed E-state index contributed by atoms with van der Waals surface area (Å²) in [5.41, 5.74) is 1.62. The molecule has 0 fully saturated rings. The standard InChI is InChI=1S/C15H17N3O3/c1-11-6-12(18-10-17-11)8-16-15(19)9-21-14-5-3-4-13(7-14)20-2/h3-7,10H,8-9H2,1-2H3,(H,16,19). The fraction of sp³-hybridized carbons (Fsp3) is 0.267. The van der Waals surface area contributed by atoms with E-state index in [0.717, 1.165) is 11.4 Å². The molecule has 0 aliphatic rings. The smallest absolute Gasteiger partial charge is 0.258 e. The Hall–Kier alpha value is -2.63. The first-order chi connectivity index (χ1) is 10.2. The van der Waals surface area contributed by atoms with Gasteiger partial charge in [0, 0.05) is 11.8 Å². The summed E-state index contributed by atoms with van der Waals surface area (Å²) in [6.07, 6.45) is 1.48. The van der Waals surface area contributed by atoms with Crippen LogP contribution in [0, 0.1) is 6.92 Å². The highest BCUT2D eigenvalue weighted by Gasteiger charge is 2.04. The molecule has 0 saturated carbocycles. The van der Waals surface area contributed by atoms with E-state index in [0.29, 0.717) is 18.0 Å². The lowest BCUT2D eigenvalue weighted by Gasteiger charge is -2.08. The van der Waals surface area contributed by atoms with Crippen molar-refractivity contribution in [2.75, 3.05) is 13.7 Å². The van der Waals surface area contributed by atoms with Crippen molar-refractivity contribution in [3.05, 3.63) is 48.0 Å². The molecule has 1 aromatic heterocycles. The number of carbonyl (C=O) groups is 1. The lowest BCUT2D eigenvalue weighted by Crippen LogP contribution is -2.28. The van der Waals surface area contributed by atoms with Crippen molar-refractivity contribution in [3.63, 3.8) is 0 Å². The van der Waals surface area contributed by atoms with Gasteiger partial charge in [-0.25, -0.2) is 9.97 Å². The first kappa shape index (κ1) is 14.8. The minimum absolute atomic E-state index is 0.0583. The van der Waals surface area contributed by atoms with Gasteiger partial charge in [-0.05, 0) is 25.1 Å². The van der Waals surface area contributed by atoms with Crippen molar-refractivity contribution in [2.45, 2.75) is 13.5 Å². The molecule has 0 aliphatic carbocycles. The van der Waals surface area contributed by atoms with Gasteiger partial charge in [0.15, 0.2) is 6.61 Å². The van der Waals surface area contributed by atoms with Crippen LogP contribution in [-0.2, 0) is 11.3 Å². The molecule has 1 amide bonds. The zero-order chi connectivity index (χ0) is 15.1. The highest BCUT2D eigenvalue weighted by atomic mass is 16.5.